The highest BCUT2D eigenvalue weighted by atomic mass is 16.8. The van der Waals surface area contributed by atoms with Crippen LogP contribution in [0.4, 0.5) is 16.3 Å². The second-order valence-electron chi connectivity index (χ2n) is 11.1. The molecule has 2 aromatic heterocycles. The summed E-state index contributed by atoms with van der Waals surface area (Å²) in [6, 6.07) is 15.3. The number of carboxylic acids is 1. The number of nitrogens with one attached hydrogen (secondary N) is 3. The van der Waals surface area contributed by atoms with Gasteiger partial charge in [0.15, 0.2) is 22.8 Å². The number of hydrogen-bond acceptors (Lipinski definition) is 8. The van der Waals surface area contributed by atoms with Gasteiger partial charge >= 0.3 is 12.0 Å². The molecule has 5 unspecified atom stereocenters. The van der Waals surface area contributed by atoms with Crippen LogP contribution in [0.25, 0.3) is 17.2 Å². The maximum atomic E-state index is 13.3. The number of hydrogen-bond donors (Lipinski definition) is 4. The summed E-state index contributed by atoms with van der Waals surface area (Å²) < 4.78 is 15.0. The fraction of sp³-hybridized carbons (Fsp3) is 0.312. The van der Waals surface area contributed by atoms with E-state index in [0.29, 0.717) is 24.1 Å². The number of urea groups is 1. The Bertz CT molecular complexity index is 1760. The largest absolute Gasteiger partial charge is 0.478 e. The first-order chi connectivity index (χ1) is 21.7. The number of rotatable bonds is 9. The van der Waals surface area contributed by atoms with Gasteiger partial charge in [0.1, 0.15) is 12.4 Å². The van der Waals surface area contributed by atoms with Gasteiger partial charge in [-0.15, -0.1) is 0 Å². The van der Waals surface area contributed by atoms with Crippen molar-refractivity contribution in [3.05, 3.63) is 84.5 Å². The molecule has 0 bridgehead atoms. The summed E-state index contributed by atoms with van der Waals surface area (Å²) in [4.78, 5) is 50.4. The Labute approximate surface area is 258 Å². The number of fused-ring (bicyclic) bond motifs is 2. The molecule has 3 heterocycles. The predicted octanol–water partition coefficient (Wildman–Crippen LogP) is 4.47. The lowest BCUT2D eigenvalue weighted by Crippen LogP contribution is -2.29. The number of aromatic nitrogens is 4. The van der Waals surface area contributed by atoms with Crippen LogP contribution in [0.2, 0.25) is 0 Å². The summed E-state index contributed by atoms with van der Waals surface area (Å²) in [5, 5.41) is 17.7. The summed E-state index contributed by atoms with van der Waals surface area (Å²) in [5.41, 5.74) is 2.13. The van der Waals surface area contributed by atoms with Crippen LogP contribution in [0.5, 0.6) is 0 Å². The van der Waals surface area contributed by atoms with Gasteiger partial charge in [0.2, 0.25) is 5.91 Å². The van der Waals surface area contributed by atoms with E-state index in [2.05, 4.69) is 30.9 Å². The highest BCUT2D eigenvalue weighted by Crippen LogP contribution is 2.49. The molecule has 1 aliphatic carbocycles. The van der Waals surface area contributed by atoms with Crippen molar-refractivity contribution in [1.82, 2.24) is 24.8 Å². The number of amides is 3. The number of nitrogens with zero attached hydrogens (tertiary/aromatic N) is 4. The molecule has 232 valence electrons. The fourth-order valence-electron chi connectivity index (χ4n) is 6.02. The molecule has 13 heteroatoms. The maximum Gasteiger partial charge on any atom is 0.337 e. The third kappa shape index (κ3) is 6.26. The van der Waals surface area contributed by atoms with Crippen LogP contribution < -0.4 is 16.0 Å². The van der Waals surface area contributed by atoms with E-state index in [1.165, 1.54) is 12.4 Å². The third-order valence-electron chi connectivity index (χ3n) is 7.99. The van der Waals surface area contributed by atoms with Crippen molar-refractivity contribution in [2.45, 2.75) is 50.7 Å². The average Bonchev–Trinajstić information content (AvgIpc) is 3.69. The second-order valence-corrected chi connectivity index (χ2v) is 11.1. The zero-order valence-corrected chi connectivity index (χ0v) is 24.7. The number of benzene rings is 2. The van der Waals surface area contributed by atoms with Gasteiger partial charge in [0, 0.05) is 13.0 Å². The molecule has 2 aliphatic rings. The molecule has 1 saturated carbocycles. The number of aromatic carboxylic acids is 1. The minimum Gasteiger partial charge on any atom is -0.478 e. The minimum atomic E-state index is -1.13. The van der Waals surface area contributed by atoms with E-state index in [-0.39, 0.29) is 41.4 Å². The van der Waals surface area contributed by atoms with E-state index >= 15 is 0 Å². The number of carboxylic acid groups (broad SMARTS) is 1. The van der Waals surface area contributed by atoms with Gasteiger partial charge in [-0.3, -0.25) is 10.1 Å². The van der Waals surface area contributed by atoms with Crippen molar-refractivity contribution in [2.24, 2.45) is 5.92 Å². The summed E-state index contributed by atoms with van der Waals surface area (Å²) in [6.45, 7) is 4.10. The van der Waals surface area contributed by atoms with Crippen molar-refractivity contribution in [3.8, 4) is 0 Å². The Balaban J connectivity index is 1.29. The zero-order chi connectivity index (χ0) is 31.6. The molecule has 4 N–H and O–H groups in total. The van der Waals surface area contributed by atoms with Gasteiger partial charge in [-0.1, -0.05) is 48.5 Å². The molecule has 1 saturated heterocycles. The van der Waals surface area contributed by atoms with Gasteiger partial charge in [0.25, 0.3) is 0 Å². The van der Waals surface area contributed by atoms with E-state index in [1.54, 1.807) is 24.5 Å². The lowest BCUT2D eigenvalue weighted by molar-refractivity contribution is -0.139. The molecule has 2 aromatic carbocycles. The minimum absolute atomic E-state index is 0.00806. The molecule has 5 atom stereocenters. The summed E-state index contributed by atoms with van der Waals surface area (Å²) >= 11 is 0. The Morgan fingerprint density at radius 2 is 1.78 bits per heavy atom. The summed E-state index contributed by atoms with van der Waals surface area (Å²) in [5.74, 6) is -2.56. The van der Waals surface area contributed by atoms with Gasteiger partial charge in [-0.25, -0.2) is 24.5 Å². The molecule has 0 spiro atoms. The normalized spacial score (nSPS) is 24.0. The Hall–Kier alpha value is -5.14. The lowest BCUT2D eigenvalue weighted by atomic mass is 10.00. The maximum absolute atomic E-state index is 13.3. The van der Waals surface area contributed by atoms with E-state index in [4.69, 9.17) is 9.47 Å². The van der Waals surface area contributed by atoms with Crippen molar-refractivity contribution in [2.75, 3.05) is 17.2 Å². The Morgan fingerprint density at radius 3 is 2.56 bits per heavy atom. The molecule has 3 amide bonds. The van der Waals surface area contributed by atoms with Gasteiger partial charge < -0.3 is 29.8 Å². The van der Waals surface area contributed by atoms with Crippen LogP contribution in [0.1, 0.15) is 48.7 Å². The van der Waals surface area contributed by atoms with Crippen LogP contribution in [-0.4, -0.2) is 67.1 Å². The quantitative estimate of drug-likeness (QED) is 0.213. The van der Waals surface area contributed by atoms with Crippen LogP contribution >= 0.6 is 0 Å². The zero-order valence-electron chi connectivity index (χ0n) is 24.7. The van der Waals surface area contributed by atoms with Gasteiger partial charge in [0.05, 0.1) is 29.7 Å². The van der Waals surface area contributed by atoms with E-state index < -0.39 is 30.0 Å². The van der Waals surface area contributed by atoms with Crippen molar-refractivity contribution in [3.63, 3.8) is 0 Å². The van der Waals surface area contributed by atoms with E-state index in [9.17, 15) is 19.5 Å². The molecular formula is C32H33N7O6. The second kappa shape index (κ2) is 12.5. The molecule has 2 fully saturated rings. The number of carbonyl (C=O) groups is 3. The summed E-state index contributed by atoms with van der Waals surface area (Å²) in [7, 11) is 0. The Kier molecular flexibility index (Phi) is 8.28. The smallest absolute Gasteiger partial charge is 0.337 e. The molecule has 6 rings (SSSR count). The van der Waals surface area contributed by atoms with Crippen LogP contribution in [0, 0.1) is 5.92 Å². The number of carbonyl (C=O) groups excluding carboxylic acids is 2. The third-order valence-corrected chi connectivity index (χ3v) is 7.99. The first-order valence-corrected chi connectivity index (χ1v) is 14.7. The fourth-order valence-corrected chi connectivity index (χ4v) is 6.02. The predicted molar refractivity (Wildman–Crippen MR) is 165 cm³/mol. The number of ether oxygens (including phenoxy) is 2. The highest BCUT2D eigenvalue weighted by molar-refractivity contribution is 6.00. The average molecular weight is 612 g/mol. The van der Waals surface area contributed by atoms with Gasteiger partial charge in [-0.2, -0.15) is 0 Å². The summed E-state index contributed by atoms with van der Waals surface area (Å²) in [6.07, 6.45) is 6.42. The van der Waals surface area contributed by atoms with E-state index in [1.807, 2.05) is 60.9 Å². The highest BCUT2D eigenvalue weighted by Gasteiger charge is 2.56. The first kappa shape index (κ1) is 29.9. The SMILES string of the molecule is CCNC(=O)Nc1ncnc2c1ncn2C1CC(CC(=O)Nc2ccccc2C(=O)O)C2OC(C)(/C=C/c3ccccc3)OC21. The number of para-hydroxylation sites is 1. The van der Waals surface area contributed by atoms with Crippen LogP contribution in [-0.2, 0) is 14.3 Å². The Morgan fingerprint density at radius 1 is 1.02 bits per heavy atom. The number of anilines is 2. The van der Waals surface area contributed by atoms with Crippen molar-refractivity contribution >= 4 is 46.7 Å². The molecule has 45 heavy (non-hydrogen) atoms. The van der Waals surface area contributed by atoms with Crippen LogP contribution in [0.15, 0.2) is 73.3 Å². The topological polar surface area (TPSA) is 170 Å². The van der Waals surface area contributed by atoms with Crippen LogP contribution in [0.3, 0.4) is 0 Å². The van der Waals surface area contributed by atoms with E-state index in [0.717, 1.165) is 5.56 Å². The van der Waals surface area contributed by atoms with Crippen molar-refractivity contribution in [1.29, 1.82) is 0 Å². The first-order valence-electron chi connectivity index (χ1n) is 14.7. The molecular weight excluding hydrogens is 578 g/mol. The number of imidazole rings is 1. The molecule has 13 nitrogen and oxygen atoms in total. The molecule has 0 radical (unpaired) electrons. The monoisotopic (exact) mass is 611 g/mol. The molecule has 1 aliphatic heterocycles. The van der Waals surface area contributed by atoms with Crippen molar-refractivity contribution < 1.29 is 29.0 Å². The molecule has 4 aromatic rings. The lowest BCUT2D eigenvalue weighted by Gasteiger charge is -2.25. The van der Waals surface area contributed by atoms with Gasteiger partial charge in [-0.05, 0) is 50.0 Å². The standard InChI is InChI=1S/C32H33N7O6/c1-3-33-31(43)38-28-25-29(35-17-34-28)39(18-36-25)23-15-20(16-24(40)37-22-12-8-7-11-21(22)30(41)42)26-27(23)45-32(2,44-26)14-13-19-9-5-4-6-10-19/h4-14,17-18,20,23,26-27H,3,15-16H2,1-2H3,(H,37,40)(H,41,42)(H2,33,34,35,38,43)/b14-13+.